The summed E-state index contributed by atoms with van der Waals surface area (Å²) in [5, 5.41) is 3.10. The molecule has 7 nitrogen and oxygen atoms in total. The molecule has 166 valence electrons. The number of nitrogens with zero attached hydrogens (tertiary/aromatic N) is 1. The van der Waals surface area contributed by atoms with E-state index >= 15 is 0 Å². The molecule has 32 heavy (non-hydrogen) atoms. The van der Waals surface area contributed by atoms with Gasteiger partial charge in [0, 0.05) is 5.02 Å². The Balaban J connectivity index is 1.50. The Morgan fingerprint density at radius 3 is 2.47 bits per heavy atom. The van der Waals surface area contributed by atoms with E-state index in [1.54, 1.807) is 30.3 Å². The third kappa shape index (κ3) is 4.81. The Morgan fingerprint density at radius 2 is 1.75 bits per heavy atom. The van der Waals surface area contributed by atoms with Gasteiger partial charge in [-0.2, -0.15) is 0 Å². The summed E-state index contributed by atoms with van der Waals surface area (Å²) in [6.07, 6.45) is -1.03. The van der Waals surface area contributed by atoms with Crippen LogP contribution in [-0.4, -0.2) is 40.1 Å². The molecule has 3 aromatic carbocycles. The molecule has 1 N–H and O–H groups in total. The molecule has 1 unspecified atom stereocenters. The summed E-state index contributed by atoms with van der Waals surface area (Å²) < 4.78 is 39.2. The molecule has 0 aliphatic carbocycles. The van der Waals surface area contributed by atoms with Crippen LogP contribution >= 0.6 is 11.6 Å². The molecule has 9 heteroatoms. The van der Waals surface area contributed by atoms with Crippen molar-refractivity contribution < 1.29 is 22.7 Å². The number of halogens is 1. The van der Waals surface area contributed by atoms with E-state index < -0.39 is 22.0 Å². The van der Waals surface area contributed by atoms with E-state index in [9.17, 15) is 13.2 Å². The molecule has 3 aromatic rings. The van der Waals surface area contributed by atoms with Crippen molar-refractivity contribution in [1.82, 2.24) is 5.32 Å². The number of amides is 1. The second-order valence-corrected chi connectivity index (χ2v) is 9.32. The fraction of sp³-hybridized carbons (Fsp3) is 0.174. The second-order valence-electron chi connectivity index (χ2n) is 7.02. The highest BCUT2D eigenvalue weighted by Crippen LogP contribution is 2.38. The van der Waals surface area contributed by atoms with Crippen LogP contribution in [0, 0.1) is 0 Å². The fourth-order valence-corrected chi connectivity index (χ4v) is 4.94. The van der Waals surface area contributed by atoms with Crippen molar-refractivity contribution in [3.63, 3.8) is 0 Å². The number of anilines is 1. The Kier molecular flexibility index (Phi) is 6.53. The molecule has 4 rings (SSSR count). The maximum atomic E-state index is 13.3. The van der Waals surface area contributed by atoms with Gasteiger partial charge in [0.2, 0.25) is 0 Å². The van der Waals surface area contributed by atoms with E-state index in [1.807, 2.05) is 30.3 Å². The Morgan fingerprint density at radius 1 is 1.06 bits per heavy atom. The van der Waals surface area contributed by atoms with E-state index in [-0.39, 0.29) is 36.0 Å². The van der Waals surface area contributed by atoms with E-state index in [0.29, 0.717) is 10.8 Å². The minimum atomic E-state index is -3.93. The number of carbonyl (C=O) groups is 1. The first-order chi connectivity index (χ1) is 15.4. The Bertz CT molecular complexity index is 1190. The number of nitrogens with one attached hydrogen (secondary N) is 1. The Hall–Kier alpha value is -3.23. The van der Waals surface area contributed by atoms with Gasteiger partial charge in [0.1, 0.15) is 18.1 Å². The molecule has 1 aliphatic heterocycles. The predicted molar refractivity (Wildman–Crippen MR) is 122 cm³/mol. The van der Waals surface area contributed by atoms with E-state index in [1.165, 1.54) is 18.2 Å². The quantitative estimate of drug-likeness (QED) is 0.532. The third-order valence-corrected chi connectivity index (χ3v) is 6.86. The largest absolute Gasteiger partial charge is 0.492 e. The van der Waals surface area contributed by atoms with Crippen molar-refractivity contribution in [1.29, 1.82) is 0 Å². The van der Waals surface area contributed by atoms with Crippen molar-refractivity contribution in [2.24, 2.45) is 0 Å². The zero-order chi connectivity index (χ0) is 22.6. The van der Waals surface area contributed by atoms with Crippen LogP contribution in [0.5, 0.6) is 11.5 Å². The van der Waals surface area contributed by atoms with Crippen molar-refractivity contribution in [2.75, 3.05) is 24.0 Å². The van der Waals surface area contributed by atoms with E-state index in [4.69, 9.17) is 21.1 Å². The number of fused-ring (bicyclic) bond motifs is 1. The molecule has 1 aliphatic rings. The van der Waals surface area contributed by atoms with Crippen LogP contribution in [0.4, 0.5) is 5.69 Å². The van der Waals surface area contributed by atoms with Gasteiger partial charge in [-0.15, -0.1) is 0 Å². The van der Waals surface area contributed by atoms with Crippen molar-refractivity contribution >= 4 is 33.2 Å². The monoisotopic (exact) mass is 472 g/mol. The molecule has 1 atom stereocenters. The maximum absolute atomic E-state index is 13.3. The molecule has 0 saturated heterocycles. The molecule has 1 heterocycles. The lowest BCUT2D eigenvalue weighted by Crippen LogP contribution is -2.51. The molecule has 0 bridgehead atoms. The van der Waals surface area contributed by atoms with Crippen LogP contribution in [0.3, 0.4) is 0 Å². The Labute approximate surface area is 191 Å². The van der Waals surface area contributed by atoms with Gasteiger partial charge in [-0.1, -0.05) is 48.0 Å². The summed E-state index contributed by atoms with van der Waals surface area (Å²) >= 11 is 6.10. The number of benzene rings is 3. The van der Waals surface area contributed by atoms with Crippen molar-refractivity contribution in [2.45, 2.75) is 11.0 Å². The second kappa shape index (κ2) is 9.50. The molecule has 0 fully saturated rings. The average molecular weight is 473 g/mol. The molecule has 0 aromatic heterocycles. The standard InChI is InChI=1S/C23H21ClN2O5S/c24-17-11-12-21-20(15-17)26(32(28,29)19-9-5-2-6-10-19)16-22(31-21)23(27)25-13-14-30-18-7-3-1-4-8-18/h1-12,15,22H,13-14,16H2,(H,25,27). The summed E-state index contributed by atoms with van der Waals surface area (Å²) in [6.45, 7) is 0.323. The topological polar surface area (TPSA) is 84.9 Å². The molecule has 0 radical (unpaired) electrons. The number of hydrogen-bond acceptors (Lipinski definition) is 5. The third-order valence-electron chi connectivity index (χ3n) is 4.83. The van der Waals surface area contributed by atoms with Crippen LogP contribution in [0.2, 0.25) is 5.02 Å². The van der Waals surface area contributed by atoms with Gasteiger partial charge in [0.15, 0.2) is 6.10 Å². The highest BCUT2D eigenvalue weighted by atomic mass is 35.5. The SMILES string of the molecule is O=C(NCCOc1ccccc1)C1CN(S(=O)(=O)c2ccccc2)c2cc(Cl)ccc2O1. The minimum Gasteiger partial charge on any atom is -0.492 e. The summed E-state index contributed by atoms with van der Waals surface area (Å²) in [4.78, 5) is 12.9. The van der Waals surface area contributed by atoms with Gasteiger partial charge in [0.05, 0.1) is 23.7 Å². The lowest BCUT2D eigenvalue weighted by Gasteiger charge is -2.34. The van der Waals surface area contributed by atoms with E-state index in [2.05, 4.69) is 5.32 Å². The molecular formula is C23H21ClN2O5S. The number of ether oxygens (including phenoxy) is 2. The normalized spacial score (nSPS) is 15.4. The summed E-state index contributed by atoms with van der Waals surface area (Å²) in [5.74, 6) is 0.526. The highest BCUT2D eigenvalue weighted by Gasteiger charge is 2.37. The van der Waals surface area contributed by atoms with Gasteiger partial charge in [-0.25, -0.2) is 8.42 Å². The number of rotatable bonds is 7. The summed E-state index contributed by atoms with van der Waals surface area (Å²) in [7, 11) is -3.93. The van der Waals surface area contributed by atoms with Crippen LogP contribution in [0.25, 0.3) is 0 Å². The summed E-state index contributed by atoms with van der Waals surface area (Å²) in [6, 6.07) is 21.9. The zero-order valence-corrected chi connectivity index (χ0v) is 18.6. The molecule has 1 amide bonds. The lowest BCUT2D eigenvalue weighted by atomic mass is 10.2. The van der Waals surface area contributed by atoms with Crippen LogP contribution in [0.1, 0.15) is 0 Å². The lowest BCUT2D eigenvalue weighted by molar-refractivity contribution is -0.127. The first-order valence-electron chi connectivity index (χ1n) is 9.95. The number of hydrogen-bond donors (Lipinski definition) is 1. The van der Waals surface area contributed by atoms with Gasteiger partial charge >= 0.3 is 0 Å². The first-order valence-corrected chi connectivity index (χ1v) is 11.8. The van der Waals surface area contributed by atoms with E-state index in [0.717, 1.165) is 4.31 Å². The highest BCUT2D eigenvalue weighted by molar-refractivity contribution is 7.92. The zero-order valence-electron chi connectivity index (χ0n) is 17.0. The van der Waals surface area contributed by atoms with Gasteiger partial charge in [-0.05, 0) is 42.5 Å². The van der Waals surface area contributed by atoms with Crippen LogP contribution in [-0.2, 0) is 14.8 Å². The predicted octanol–water partition coefficient (Wildman–Crippen LogP) is 3.49. The van der Waals surface area contributed by atoms with Crippen molar-refractivity contribution in [3.8, 4) is 11.5 Å². The smallest absolute Gasteiger partial charge is 0.264 e. The van der Waals surface area contributed by atoms with Gasteiger partial charge < -0.3 is 14.8 Å². The van der Waals surface area contributed by atoms with Crippen LogP contribution < -0.4 is 19.1 Å². The molecular weight excluding hydrogens is 452 g/mol. The minimum absolute atomic E-state index is 0.114. The van der Waals surface area contributed by atoms with Crippen molar-refractivity contribution in [3.05, 3.63) is 83.9 Å². The number of carbonyl (C=O) groups excluding carboxylic acids is 1. The van der Waals surface area contributed by atoms with Crippen LogP contribution in [0.15, 0.2) is 83.8 Å². The molecule has 0 saturated carbocycles. The summed E-state index contributed by atoms with van der Waals surface area (Å²) in [5.41, 5.74) is 0.290. The first kappa shape index (κ1) is 22.0. The fourth-order valence-electron chi connectivity index (χ4n) is 3.28. The number of sulfonamides is 1. The average Bonchev–Trinajstić information content (AvgIpc) is 2.82. The molecule has 0 spiro atoms. The maximum Gasteiger partial charge on any atom is 0.264 e. The van der Waals surface area contributed by atoms with Gasteiger partial charge in [-0.3, -0.25) is 9.10 Å². The number of para-hydroxylation sites is 1. The van der Waals surface area contributed by atoms with Gasteiger partial charge in [0.25, 0.3) is 15.9 Å².